The van der Waals surface area contributed by atoms with Gasteiger partial charge in [0.2, 0.25) is 11.9 Å². The number of ether oxygens (including phenoxy) is 1. The molecule has 3 heterocycles. The van der Waals surface area contributed by atoms with Crippen LogP contribution in [0.5, 0.6) is 0 Å². The summed E-state index contributed by atoms with van der Waals surface area (Å²) in [7, 11) is 0. The number of hydrogen-bond acceptors (Lipinski definition) is 6. The molecule has 1 aliphatic rings. The highest BCUT2D eigenvalue weighted by Gasteiger charge is 2.22. The first kappa shape index (κ1) is 24.7. The van der Waals surface area contributed by atoms with Crippen molar-refractivity contribution in [3.8, 4) is 5.69 Å². The molecule has 1 saturated heterocycles. The van der Waals surface area contributed by atoms with E-state index in [1.807, 2.05) is 49.1 Å². The van der Waals surface area contributed by atoms with Crippen molar-refractivity contribution in [2.45, 2.75) is 52.9 Å². The third-order valence-electron chi connectivity index (χ3n) is 6.11. The molecule has 35 heavy (non-hydrogen) atoms. The molecule has 1 fully saturated rings. The lowest BCUT2D eigenvalue weighted by Gasteiger charge is -2.27. The highest BCUT2D eigenvalue weighted by molar-refractivity contribution is 5.90. The Morgan fingerprint density at radius 3 is 2.57 bits per heavy atom. The summed E-state index contributed by atoms with van der Waals surface area (Å²) in [5, 5.41) is 7.77. The molecule has 2 aromatic heterocycles. The van der Waals surface area contributed by atoms with E-state index in [-0.39, 0.29) is 23.3 Å². The molecule has 0 atom stereocenters. The van der Waals surface area contributed by atoms with Crippen LogP contribution in [0.3, 0.4) is 0 Å². The first-order valence-corrected chi connectivity index (χ1v) is 12.0. The number of anilines is 2. The van der Waals surface area contributed by atoms with Gasteiger partial charge in [0, 0.05) is 42.2 Å². The second-order valence-corrected chi connectivity index (χ2v) is 10.0. The van der Waals surface area contributed by atoms with Gasteiger partial charge in [0.1, 0.15) is 5.82 Å². The van der Waals surface area contributed by atoms with E-state index in [2.05, 4.69) is 36.1 Å². The van der Waals surface area contributed by atoms with Crippen LogP contribution in [-0.4, -0.2) is 52.0 Å². The van der Waals surface area contributed by atoms with Gasteiger partial charge in [-0.3, -0.25) is 14.6 Å². The van der Waals surface area contributed by atoms with Gasteiger partial charge in [-0.1, -0.05) is 32.9 Å². The van der Waals surface area contributed by atoms with Gasteiger partial charge in [0.15, 0.2) is 0 Å². The quantitative estimate of drug-likeness (QED) is 0.563. The van der Waals surface area contributed by atoms with Gasteiger partial charge >= 0.3 is 0 Å². The van der Waals surface area contributed by atoms with E-state index in [1.54, 1.807) is 4.68 Å². The fraction of sp³-hybridized carbons (Fsp3) is 0.462. The molecule has 3 aromatic rings. The van der Waals surface area contributed by atoms with Crippen molar-refractivity contribution >= 4 is 17.7 Å². The number of aromatic nitrogens is 4. The number of H-pyrrole nitrogens is 1. The van der Waals surface area contributed by atoms with Crippen molar-refractivity contribution in [2.24, 2.45) is 0 Å². The van der Waals surface area contributed by atoms with Gasteiger partial charge in [0.25, 0.3) is 5.56 Å². The van der Waals surface area contributed by atoms with Crippen LogP contribution in [0.2, 0.25) is 0 Å². The van der Waals surface area contributed by atoms with Crippen molar-refractivity contribution in [1.82, 2.24) is 19.7 Å². The van der Waals surface area contributed by atoms with Crippen LogP contribution in [0, 0.1) is 13.8 Å². The normalized spacial score (nSPS) is 14.3. The van der Waals surface area contributed by atoms with E-state index >= 15 is 0 Å². The van der Waals surface area contributed by atoms with E-state index in [0.29, 0.717) is 55.7 Å². The molecule has 0 bridgehead atoms. The van der Waals surface area contributed by atoms with Gasteiger partial charge in [0.05, 0.1) is 24.6 Å². The Labute approximate surface area is 205 Å². The van der Waals surface area contributed by atoms with Crippen LogP contribution in [0.1, 0.15) is 49.7 Å². The summed E-state index contributed by atoms with van der Waals surface area (Å²) in [5.41, 5.74) is 3.66. The molecule has 0 aliphatic carbocycles. The third-order valence-corrected chi connectivity index (χ3v) is 6.11. The Morgan fingerprint density at radius 2 is 1.91 bits per heavy atom. The Bertz CT molecular complexity index is 1260. The Kier molecular flexibility index (Phi) is 7.07. The van der Waals surface area contributed by atoms with Crippen molar-refractivity contribution in [3.63, 3.8) is 0 Å². The molecule has 1 aliphatic heterocycles. The average Bonchev–Trinajstić information content (AvgIpc) is 3.23. The lowest BCUT2D eigenvalue weighted by molar-refractivity contribution is -0.116. The lowest BCUT2D eigenvalue weighted by atomic mass is 9.92. The summed E-state index contributed by atoms with van der Waals surface area (Å²) in [6.45, 7) is 12.7. The second kappa shape index (κ2) is 10.0. The molecule has 9 heteroatoms. The van der Waals surface area contributed by atoms with Crippen LogP contribution >= 0.6 is 0 Å². The maximum atomic E-state index is 12.9. The zero-order valence-electron chi connectivity index (χ0n) is 21.1. The first-order chi connectivity index (χ1) is 16.6. The predicted octanol–water partition coefficient (Wildman–Crippen LogP) is 3.28. The molecule has 0 spiro atoms. The zero-order chi connectivity index (χ0) is 25.2. The van der Waals surface area contributed by atoms with E-state index in [1.165, 1.54) is 0 Å². The Hall–Kier alpha value is -3.46. The Balaban J connectivity index is 1.50. The minimum Gasteiger partial charge on any atom is -0.378 e. The maximum Gasteiger partial charge on any atom is 0.255 e. The Morgan fingerprint density at radius 1 is 1.17 bits per heavy atom. The van der Waals surface area contributed by atoms with Crippen molar-refractivity contribution in [3.05, 3.63) is 63.2 Å². The number of hydrogen-bond donors (Lipinski definition) is 2. The number of carbonyl (C=O) groups is 1. The summed E-state index contributed by atoms with van der Waals surface area (Å²) in [4.78, 5) is 35.1. The number of amides is 1. The molecule has 0 unspecified atom stereocenters. The largest absolute Gasteiger partial charge is 0.378 e. The molecule has 1 amide bonds. The molecule has 4 rings (SSSR count). The number of carbonyl (C=O) groups excluding carboxylic acids is 1. The molecular weight excluding hydrogens is 444 g/mol. The van der Waals surface area contributed by atoms with Crippen molar-refractivity contribution in [2.75, 3.05) is 36.5 Å². The third kappa shape index (κ3) is 5.79. The number of nitrogens with zero attached hydrogens (tertiary/aromatic N) is 4. The van der Waals surface area contributed by atoms with Gasteiger partial charge in [-0.25, -0.2) is 9.67 Å². The van der Waals surface area contributed by atoms with Crippen LogP contribution in [-0.2, 0) is 21.4 Å². The molecule has 1 aromatic carbocycles. The first-order valence-electron chi connectivity index (χ1n) is 12.0. The zero-order valence-corrected chi connectivity index (χ0v) is 21.1. The highest BCUT2D eigenvalue weighted by Crippen LogP contribution is 2.26. The molecule has 186 valence electrons. The second-order valence-electron chi connectivity index (χ2n) is 10.0. The van der Waals surface area contributed by atoms with Crippen LogP contribution in [0.15, 0.2) is 35.1 Å². The minimum absolute atomic E-state index is 0.159. The van der Waals surface area contributed by atoms with Crippen LogP contribution < -0.4 is 15.8 Å². The number of nitrogens with one attached hydrogen (secondary N) is 2. The van der Waals surface area contributed by atoms with E-state index < -0.39 is 0 Å². The molecule has 0 radical (unpaired) electrons. The minimum atomic E-state index is -0.202. The lowest BCUT2D eigenvalue weighted by Crippen LogP contribution is -2.38. The molecular formula is C26H34N6O3. The van der Waals surface area contributed by atoms with Crippen molar-refractivity contribution in [1.29, 1.82) is 0 Å². The number of morpholine rings is 1. The highest BCUT2D eigenvalue weighted by atomic mass is 16.5. The smallest absolute Gasteiger partial charge is 0.255 e. The van der Waals surface area contributed by atoms with Crippen LogP contribution in [0.4, 0.5) is 11.8 Å². The topological polar surface area (TPSA) is 105 Å². The maximum absolute atomic E-state index is 12.9. The number of rotatable bonds is 6. The van der Waals surface area contributed by atoms with Crippen LogP contribution in [0.25, 0.3) is 5.69 Å². The van der Waals surface area contributed by atoms with E-state index in [0.717, 1.165) is 16.9 Å². The predicted molar refractivity (Wildman–Crippen MR) is 137 cm³/mol. The summed E-state index contributed by atoms with van der Waals surface area (Å²) >= 11 is 0. The summed E-state index contributed by atoms with van der Waals surface area (Å²) in [6, 6.07) is 9.90. The number of aryl methyl sites for hydroxylation is 2. The van der Waals surface area contributed by atoms with E-state index in [9.17, 15) is 9.59 Å². The van der Waals surface area contributed by atoms with E-state index in [4.69, 9.17) is 9.84 Å². The van der Waals surface area contributed by atoms with Gasteiger partial charge in [-0.05, 0) is 38.0 Å². The fourth-order valence-electron chi connectivity index (χ4n) is 4.05. The number of benzene rings is 1. The average molecular weight is 479 g/mol. The fourth-order valence-corrected chi connectivity index (χ4v) is 4.05. The van der Waals surface area contributed by atoms with Crippen molar-refractivity contribution < 1.29 is 9.53 Å². The molecule has 9 nitrogen and oxygen atoms in total. The molecule has 0 saturated carbocycles. The molecule has 2 N–H and O–H groups in total. The SMILES string of the molecule is Cc1cccc(-n2nc(C(C)(C)C)cc2NC(=O)CCc2c(C)nc(N3CCOCC3)[nH]c2=O)c1. The number of aromatic amines is 1. The van der Waals surface area contributed by atoms with Gasteiger partial charge in [-0.2, -0.15) is 5.10 Å². The monoisotopic (exact) mass is 478 g/mol. The summed E-state index contributed by atoms with van der Waals surface area (Å²) in [5.74, 6) is 0.980. The summed E-state index contributed by atoms with van der Waals surface area (Å²) < 4.78 is 7.14. The van der Waals surface area contributed by atoms with Gasteiger partial charge < -0.3 is 15.0 Å². The summed E-state index contributed by atoms with van der Waals surface area (Å²) in [6.07, 6.45) is 0.459. The van der Waals surface area contributed by atoms with Gasteiger partial charge in [-0.15, -0.1) is 0 Å². The standard InChI is InChI=1S/C26H34N6O3/c1-17-7-6-8-19(15-17)32-22(16-21(30-32)26(3,4)5)28-23(33)10-9-20-18(2)27-25(29-24(20)34)31-11-13-35-14-12-31/h6-8,15-16H,9-14H2,1-5H3,(H,28,33)(H,27,29,34).